The van der Waals surface area contributed by atoms with Gasteiger partial charge in [-0.25, -0.2) is 0 Å². The number of benzene rings is 1. The highest BCUT2D eigenvalue weighted by molar-refractivity contribution is 5.94. The van der Waals surface area contributed by atoms with Crippen LogP contribution in [-0.2, 0) is 13.1 Å². The Morgan fingerprint density at radius 2 is 2.15 bits per heavy atom. The Bertz CT molecular complexity index is 726. The molecule has 0 bridgehead atoms. The lowest BCUT2D eigenvalue weighted by Crippen LogP contribution is -2.26. The van der Waals surface area contributed by atoms with E-state index in [1.54, 1.807) is 6.07 Å². The number of carbonyl (C=O) groups is 1. The number of aliphatic hydroxyl groups excluding tert-OH is 1. The molecule has 140 valence electrons. The van der Waals surface area contributed by atoms with Gasteiger partial charge in [-0.3, -0.25) is 9.69 Å². The molecule has 2 heterocycles. The van der Waals surface area contributed by atoms with Gasteiger partial charge in [0.25, 0.3) is 5.91 Å². The summed E-state index contributed by atoms with van der Waals surface area (Å²) in [4.78, 5) is 14.6. The molecule has 3 N–H and O–H groups in total. The fourth-order valence-electron chi connectivity index (χ4n) is 3.26. The van der Waals surface area contributed by atoms with Gasteiger partial charge in [-0.05, 0) is 37.6 Å². The van der Waals surface area contributed by atoms with Gasteiger partial charge in [0.2, 0.25) is 0 Å². The van der Waals surface area contributed by atoms with Crippen molar-refractivity contribution >= 4 is 5.91 Å². The van der Waals surface area contributed by atoms with E-state index in [-0.39, 0.29) is 18.1 Å². The van der Waals surface area contributed by atoms with E-state index in [0.29, 0.717) is 12.1 Å². The molecule has 1 aliphatic rings. The summed E-state index contributed by atoms with van der Waals surface area (Å²) in [7, 11) is 1.83. The largest absolute Gasteiger partial charge is 0.467 e. The van der Waals surface area contributed by atoms with Gasteiger partial charge >= 0.3 is 0 Å². The molecule has 1 amide bonds. The van der Waals surface area contributed by atoms with Crippen molar-refractivity contribution in [2.24, 2.45) is 0 Å². The molecule has 2 unspecified atom stereocenters. The lowest BCUT2D eigenvalue weighted by molar-refractivity contribution is 0.0939. The lowest BCUT2D eigenvalue weighted by Gasteiger charge is -2.17. The summed E-state index contributed by atoms with van der Waals surface area (Å²) >= 11 is 0. The SMILES string of the molecule is CNCc1cc(C(=O)NC(C)c2ccc(CN3CCC(O)C3)cc2)co1. The monoisotopic (exact) mass is 357 g/mol. The molecule has 3 rings (SSSR count). The minimum Gasteiger partial charge on any atom is -0.467 e. The maximum atomic E-state index is 12.4. The van der Waals surface area contributed by atoms with Crippen molar-refractivity contribution in [3.05, 3.63) is 59.0 Å². The first-order valence-corrected chi connectivity index (χ1v) is 9.07. The normalized spacial score (nSPS) is 18.8. The molecule has 6 heteroatoms. The summed E-state index contributed by atoms with van der Waals surface area (Å²) in [5.41, 5.74) is 2.81. The molecule has 0 spiro atoms. The number of nitrogens with zero attached hydrogens (tertiary/aromatic N) is 1. The molecule has 2 aromatic rings. The van der Waals surface area contributed by atoms with E-state index >= 15 is 0 Å². The first kappa shape index (κ1) is 18.6. The maximum absolute atomic E-state index is 12.4. The fraction of sp³-hybridized carbons (Fsp3) is 0.450. The average Bonchev–Trinajstić information content (AvgIpc) is 3.25. The maximum Gasteiger partial charge on any atom is 0.255 e. The van der Waals surface area contributed by atoms with Gasteiger partial charge in [0.1, 0.15) is 12.0 Å². The first-order valence-electron chi connectivity index (χ1n) is 9.07. The van der Waals surface area contributed by atoms with Crippen LogP contribution in [0.25, 0.3) is 0 Å². The third kappa shape index (κ3) is 4.72. The van der Waals surface area contributed by atoms with Crippen molar-refractivity contribution in [1.82, 2.24) is 15.5 Å². The number of rotatable bonds is 7. The molecule has 1 fully saturated rings. The average molecular weight is 357 g/mol. The number of likely N-dealkylation sites (tertiary alicyclic amines) is 1. The molecule has 1 saturated heterocycles. The molecule has 2 atom stereocenters. The Balaban J connectivity index is 1.55. The van der Waals surface area contributed by atoms with Crippen LogP contribution in [0.15, 0.2) is 41.0 Å². The van der Waals surface area contributed by atoms with Crippen LogP contribution in [0.4, 0.5) is 0 Å². The summed E-state index contributed by atoms with van der Waals surface area (Å²) in [5.74, 6) is 0.598. The quantitative estimate of drug-likeness (QED) is 0.707. The second-order valence-electron chi connectivity index (χ2n) is 6.95. The molecular weight excluding hydrogens is 330 g/mol. The van der Waals surface area contributed by atoms with Gasteiger partial charge in [0.15, 0.2) is 0 Å². The molecule has 26 heavy (non-hydrogen) atoms. The topological polar surface area (TPSA) is 77.7 Å². The number of β-amino-alcohol motifs (C(OH)–C–C–N with tert-alkyl or cyclic N) is 1. The number of amides is 1. The van der Waals surface area contributed by atoms with Crippen molar-refractivity contribution in [2.75, 3.05) is 20.1 Å². The third-order valence-corrected chi connectivity index (χ3v) is 4.75. The van der Waals surface area contributed by atoms with Crippen LogP contribution in [0.2, 0.25) is 0 Å². The third-order valence-electron chi connectivity index (χ3n) is 4.75. The Labute approximate surface area is 154 Å². The van der Waals surface area contributed by atoms with Gasteiger partial charge < -0.3 is 20.2 Å². The standard InChI is InChI=1S/C20H27N3O3/c1-14(22-20(25)17-9-19(10-21-2)26-13-17)16-5-3-15(4-6-16)11-23-8-7-18(24)12-23/h3-6,9,13-14,18,21,24H,7-8,10-12H2,1-2H3,(H,22,25). The molecular formula is C20H27N3O3. The zero-order chi connectivity index (χ0) is 18.5. The van der Waals surface area contributed by atoms with E-state index in [4.69, 9.17) is 4.42 Å². The summed E-state index contributed by atoms with van der Waals surface area (Å²) < 4.78 is 5.35. The van der Waals surface area contributed by atoms with Crippen LogP contribution in [0.3, 0.4) is 0 Å². The molecule has 1 aliphatic heterocycles. The van der Waals surface area contributed by atoms with Gasteiger partial charge in [0, 0.05) is 19.6 Å². The number of hydrogen-bond donors (Lipinski definition) is 3. The van der Waals surface area contributed by atoms with E-state index < -0.39 is 0 Å². The van der Waals surface area contributed by atoms with E-state index in [1.165, 1.54) is 11.8 Å². The van der Waals surface area contributed by atoms with Crippen molar-refractivity contribution in [1.29, 1.82) is 0 Å². The molecule has 6 nitrogen and oxygen atoms in total. The van der Waals surface area contributed by atoms with E-state index in [0.717, 1.165) is 37.4 Å². The second-order valence-corrected chi connectivity index (χ2v) is 6.95. The number of carbonyl (C=O) groups excluding carboxylic acids is 1. The van der Waals surface area contributed by atoms with Crippen LogP contribution in [-0.4, -0.2) is 42.2 Å². The molecule has 1 aromatic carbocycles. The number of hydrogen-bond acceptors (Lipinski definition) is 5. The summed E-state index contributed by atoms with van der Waals surface area (Å²) in [6.07, 6.45) is 2.15. The first-order chi connectivity index (χ1) is 12.5. The van der Waals surface area contributed by atoms with Gasteiger partial charge in [-0.15, -0.1) is 0 Å². The van der Waals surface area contributed by atoms with Crippen LogP contribution >= 0.6 is 0 Å². The summed E-state index contributed by atoms with van der Waals surface area (Å²) in [6, 6.07) is 9.94. The van der Waals surface area contributed by atoms with E-state index in [2.05, 4.69) is 39.8 Å². The minimum absolute atomic E-state index is 0.0900. The molecule has 0 radical (unpaired) electrons. The Morgan fingerprint density at radius 1 is 1.38 bits per heavy atom. The molecule has 1 aromatic heterocycles. The number of aliphatic hydroxyl groups is 1. The fourth-order valence-corrected chi connectivity index (χ4v) is 3.26. The predicted molar refractivity (Wildman–Crippen MR) is 99.7 cm³/mol. The highest BCUT2D eigenvalue weighted by Crippen LogP contribution is 2.18. The zero-order valence-electron chi connectivity index (χ0n) is 15.4. The van der Waals surface area contributed by atoms with Crippen LogP contribution in [0.1, 0.15) is 46.6 Å². The van der Waals surface area contributed by atoms with Crippen molar-refractivity contribution in [3.8, 4) is 0 Å². The molecule has 0 aliphatic carbocycles. The van der Waals surface area contributed by atoms with E-state index in [9.17, 15) is 9.90 Å². The zero-order valence-corrected chi connectivity index (χ0v) is 15.4. The van der Waals surface area contributed by atoms with Gasteiger partial charge in [-0.1, -0.05) is 24.3 Å². The Kier molecular flexibility index (Phi) is 6.08. The summed E-state index contributed by atoms with van der Waals surface area (Å²) in [6.45, 7) is 5.10. The van der Waals surface area contributed by atoms with Crippen molar-refractivity contribution in [2.45, 2.75) is 38.6 Å². The number of nitrogens with one attached hydrogen (secondary N) is 2. The molecule has 0 saturated carbocycles. The predicted octanol–water partition coefficient (Wildman–Crippen LogP) is 2.06. The minimum atomic E-state index is -0.193. The Morgan fingerprint density at radius 3 is 2.81 bits per heavy atom. The Hall–Kier alpha value is -2.15. The van der Waals surface area contributed by atoms with Crippen LogP contribution < -0.4 is 10.6 Å². The lowest BCUT2D eigenvalue weighted by atomic mass is 10.1. The van der Waals surface area contributed by atoms with Gasteiger partial charge in [0.05, 0.1) is 24.3 Å². The summed E-state index contributed by atoms with van der Waals surface area (Å²) in [5, 5.41) is 15.6. The van der Waals surface area contributed by atoms with Gasteiger partial charge in [-0.2, -0.15) is 0 Å². The van der Waals surface area contributed by atoms with Crippen LogP contribution in [0.5, 0.6) is 0 Å². The number of furan rings is 1. The highest BCUT2D eigenvalue weighted by atomic mass is 16.3. The van der Waals surface area contributed by atoms with E-state index in [1.807, 2.05) is 14.0 Å². The van der Waals surface area contributed by atoms with Crippen molar-refractivity contribution in [3.63, 3.8) is 0 Å². The second kappa shape index (κ2) is 8.49. The van der Waals surface area contributed by atoms with Crippen molar-refractivity contribution < 1.29 is 14.3 Å². The smallest absolute Gasteiger partial charge is 0.255 e. The van der Waals surface area contributed by atoms with Crippen LogP contribution in [0, 0.1) is 0 Å². The highest BCUT2D eigenvalue weighted by Gasteiger charge is 2.20.